The van der Waals surface area contributed by atoms with Crippen molar-refractivity contribution in [2.24, 2.45) is 7.05 Å². The third kappa shape index (κ3) is 2.51. The summed E-state index contributed by atoms with van der Waals surface area (Å²) < 4.78 is 8.48. The molecule has 3 aromatic heterocycles. The highest BCUT2D eigenvalue weighted by Crippen LogP contribution is 2.26. The molecule has 0 radical (unpaired) electrons. The van der Waals surface area contributed by atoms with E-state index in [9.17, 15) is 4.79 Å². The summed E-state index contributed by atoms with van der Waals surface area (Å²) in [5.74, 6) is -0.927. The fraction of sp³-hybridized carbons (Fsp3) is 0.333. The van der Waals surface area contributed by atoms with Gasteiger partial charge >= 0.3 is 5.97 Å². The number of nitrogens with zero attached hydrogens (tertiary/aromatic N) is 5. The summed E-state index contributed by atoms with van der Waals surface area (Å²) in [5.41, 5.74) is 3.16. The molecule has 0 saturated heterocycles. The Kier molecular flexibility index (Phi) is 3.42. The van der Waals surface area contributed by atoms with Crippen LogP contribution in [0.25, 0.3) is 11.2 Å². The summed E-state index contributed by atoms with van der Waals surface area (Å²) in [6, 6.07) is 1.76. The van der Waals surface area contributed by atoms with E-state index in [0.29, 0.717) is 11.7 Å². The quantitative estimate of drug-likeness (QED) is 0.709. The number of carboxylic acid groups (broad SMARTS) is 1. The Morgan fingerprint density at radius 3 is 3.00 bits per heavy atom. The normalized spacial score (nSPS) is 11.3. The summed E-state index contributed by atoms with van der Waals surface area (Å²) in [6.07, 6.45) is 1.50. The van der Waals surface area contributed by atoms with Gasteiger partial charge in [-0.05, 0) is 6.92 Å². The van der Waals surface area contributed by atoms with Gasteiger partial charge in [-0.15, -0.1) is 0 Å². The van der Waals surface area contributed by atoms with Crippen LogP contribution in [0, 0.1) is 6.92 Å². The molecule has 8 nitrogen and oxygen atoms in total. The van der Waals surface area contributed by atoms with Gasteiger partial charge in [0, 0.05) is 13.1 Å². The van der Waals surface area contributed by atoms with E-state index in [4.69, 9.17) is 9.63 Å². The molecule has 0 atom stereocenters. The number of hydrogen-bond acceptors (Lipinski definition) is 6. The van der Waals surface area contributed by atoms with E-state index < -0.39 is 5.97 Å². The van der Waals surface area contributed by atoms with Crippen molar-refractivity contribution in [3.05, 3.63) is 23.7 Å². The highest BCUT2D eigenvalue weighted by atomic mass is 32.2. The molecule has 3 heterocycles. The van der Waals surface area contributed by atoms with Crippen molar-refractivity contribution in [1.29, 1.82) is 0 Å². The van der Waals surface area contributed by atoms with Gasteiger partial charge in [0.2, 0.25) is 0 Å². The van der Waals surface area contributed by atoms with Crippen LogP contribution in [0.15, 0.2) is 22.0 Å². The fourth-order valence-corrected chi connectivity index (χ4v) is 2.89. The molecular weight excluding hydrogens is 294 g/mol. The molecule has 21 heavy (non-hydrogen) atoms. The first kappa shape index (κ1) is 13.7. The number of rotatable bonds is 5. The molecule has 0 fully saturated rings. The van der Waals surface area contributed by atoms with Gasteiger partial charge in [0.05, 0.1) is 18.0 Å². The zero-order valence-electron chi connectivity index (χ0n) is 11.5. The van der Waals surface area contributed by atoms with Crippen LogP contribution < -0.4 is 0 Å². The average Bonchev–Trinajstić information content (AvgIpc) is 3.09. The van der Waals surface area contributed by atoms with Gasteiger partial charge in [0.15, 0.2) is 10.8 Å². The van der Waals surface area contributed by atoms with E-state index >= 15 is 0 Å². The molecule has 3 rings (SSSR count). The van der Waals surface area contributed by atoms with Crippen LogP contribution in [-0.2, 0) is 18.4 Å². The number of aliphatic carboxylic acids is 1. The first-order valence-electron chi connectivity index (χ1n) is 6.20. The third-order valence-electron chi connectivity index (χ3n) is 2.99. The number of carbonyl (C=O) groups is 1. The highest BCUT2D eigenvalue weighted by Gasteiger charge is 2.19. The number of hydrogen-bond donors (Lipinski definition) is 1. The van der Waals surface area contributed by atoms with Gasteiger partial charge in [-0.2, -0.15) is 5.10 Å². The van der Waals surface area contributed by atoms with E-state index in [2.05, 4.69) is 15.2 Å². The smallest absolute Gasteiger partial charge is 0.313 e. The minimum absolute atomic E-state index is 0.0470. The molecule has 1 N–H and O–H groups in total. The maximum absolute atomic E-state index is 10.8. The standard InChI is InChI=1S/C12H13N5O3S/c1-7-10-11(16(2)14-7)17(5-8-3-4-20-15-8)12(13-10)21-6-9(18)19/h3-4H,5-6H2,1-2H3,(H,18,19). The number of fused-ring (bicyclic) bond motifs is 1. The lowest BCUT2D eigenvalue weighted by Crippen LogP contribution is -2.07. The second kappa shape index (κ2) is 5.24. The van der Waals surface area contributed by atoms with Crippen molar-refractivity contribution in [3.8, 4) is 0 Å². The van der Waals surface area contributed by atoms with Crippen molar-refractivity contribution in [2.75, 3.05) is 5.75 Å². The summed E-state index contributed by atoms with van der Waals surface area (Å²) in [6.45, 7) is 2.33. The second-order valence-corrected chi connectivity index (χ2v) is 5.48. The summed E-state index contributed by atoms with van der Waals surface area (Å²) in [7, 11) is 1.84. The predicted octanol–water partition coefficient (Wildman–Crippen LogP) is 1.29. The van der Waals surface area contributed by atoms with E-state index in [-0.39, 0.29) is 5.75 Å². The average molecular weight is 307 g/mol. The van der Waals surface area contributed by atoms with Gasteiger partial charge < -0.3 is 9.63 Å². The lowest BCUT2D eigenvalue weighted by Gasteiger charge is -2.06. The van der Waals surface area contributed by atoms with Crippen molar-refractivity contribution < 1.29 is 14.4 Å². The minimum Gasteiger partial charge on any atom is -0.481 e. The maximum Gasteiger partial charge on any atom is 0.313 e. The molecule has 0 aliphatic heterocycles. The van der Waals surface area contributed by atoms with Crippen molar-refractivity contribution in [1.82, 2.24) is 24.5 Å². The first-order chi connectivity index (χ1) is 10.1. The lowest BCUT2D eigenvalue weighted by molar-refractivity contribution is -0.133. The molecule has 0 amide bonds. The Morgan fingerprint density at radius 2 is 2.33 bits per heavy atom. The topological polar surface area (TPSA) is 99.0 Å². The Hall–Kier alpha value is -2.29. The molecule has 0 aromatic carbocycles. The number of carboxylic acids is 1. The summed E-state index contributed by atoms with van der Waals surface area (Å²) in [4.78, 5) is 15.3. The largest absolute Gasteiger partial charge is 0.481 e. The molecule has 110 valence electrons. The van der Waals surface area contributed by atoms with E-state index in [1.807, 2.05) is 18.5 Å². The number of thioether (sulfide) groups is 1. The Bertz CT molecular complexity index is 790. The van der Waals surface area contributed by atoms with Gasteiger partial charge in [-0.25, -0.2) is 4.98 Å². The third-order valence-corrected chi connectivity index (χ3v) is 3.95. The lowest BCUT2D eigenvalue weighted by atomic mass is 10.4. The van der Waals surface area contributed by atoms with Gasteiger partial charge in [-0.3, -0.25) is 14.0 Å². The second-order valence-electron chi connectivity index (χ2n) is 4.53. The van der Waals surface area contributed by atoms with Crippen molar-refractivity contribution in [2.45, 2.75) is 18.6 Å². The van der Waals surface area contributed by atoms with E-state index in [1.165, 1.54) is 18.0 Å². The molecule has 0 spiro atoms. The van der Waals surface area contributed by atoms with E-state index in [0.717, 1.165) is 22.6 Å². The summed E-state index contributed by atoms with van der Waals surface area (Å²) >= 11 is 1.18. The zero-order chi connectivity index (χ0) is 15.0. The SMILES string of the molecule is Cc1nn(C)c2c1nc(SCC(=O)O)n2Cc1ccon1. The highest BCUT2D eigenvalue weighted by molar-refractivity contribution is 7.99. The molecule has 0 unspecified atom stereocenters. The minimum atomic E-state index is -0.880. The van der Waals surface area contributed by atoms with Crippen LogP contribution in [0.4, 0.5) is 0 Å². The van der Waals surface area contributed by atoms with Gasteiger partial charge in [0.1, 0.15) is 17.5 Å². The predicted molar refractivity (Wildman–Crippen MR) is 75.2 cm³/mol. The fourth-order valence-electron chi connectivity index (χ4n) is 2.17. The van der Waals surface area contributed by atoms with E-state index in [1.54, 1.807) is 10.7 Å². The Morgan fingerprint density at radius 1 is 1.52 bits per heavy atom. The molecule has 0 bridgehead atoms. The molecule has 0 aliphatic rings. The number of aryl methyl sites for hydroxylation is 2. The number of imidazole rings is 1. The molecule has 0 aliphatic carbocycles. The maximum atomic E-state index is 10.8. The van der Waals surface area contributed by atoms with Crippen molar-refractivity contribution in [3.63, 3.8) is 0 Å². The van der Waals surface area contributed by atoms with Crippen LogP contribution in [0.1, 0.15) is 11.4 Å². The number of aromatic nitrogens is 5. The zero-order valence-corrected chi connectivity index (χ0v) is 12.3. The first-order valence-corrected chi connectivity index (χ1v) is 7.18. The van der Waals surface area contributed by atoms with Crippen molar-refractivity contribution >= 4 is 28.9 Å². The van der Waals surface area contributed by atoms with Crippen LogP contribution in [0.2, 0.25) is 0 Å². The Labute approximate surface area is 123 Å². The van der Waals surface area contributed by atoms with Crippen LogP contribution >= 0.6 is 11.8 Å². The Balaban J connectivity index is 2.07. The van der Waals surface area contributed by atoms with Crippen LogP contribution in [-0.4, -0.2) is 41.3 Å². The van der Waals surface area contributed by atoms with Gasteiger partial charge in [-0.1, -0.05) is 16.9 Å². The van der Waals surface area contributed by atoms with Crippen LogP contribution in [0.3, 0.4) is 0 Å². The van der Waals surface area contributed by atoms with Crippen LogP contribution in [0.5, 0.6) is 0 Å². The monoisotopic (exact) mass is 307 g/mol. The molecule has 0 saturated carbocycles. The summed E-state index contributed by atoms with van der Waals surface area (Å²) in [5, 5.41) is 17.7. The molecule has 9 heteroatoms. The molecular formula is C12H13N5O3S. The van der Waals surface area contributed by atoms with Gasteiger partial charge in [0.25, 0.3) is 0 Å². The molecule has 3 aromatic rings.